The summed E-state index contributed by atoms with van der Waals surface area (Å²) in [5.41, 5.74) is 1.49. The topological polar surface area (TPSA) is 50.4 Å². The maximum atomic E-state index is 11.7. The molecule has 0 saturated carbocycles. The first-order chi connectivity index (χ1) is 10.5. The molecule has 0 fully saturated rings. The van der Waals surface area contributed by atoms with Crippen LogP contribution in [0.15, 0.2) is 56.6 Å². The van der Waals surface area contributed by atoms with Gasteiger partial charge >= 0.3 is 5.63 Å². The molecule has 5 heteroatoms. The zero-order chi connectivity index (χ0) is 15.7. The predicted molar refractivity (Wildman–Crippen MR) is 89.9 cm³/mol. The minimum atomic E-state index is -0.409. The van der Waals surface area contributed by atoms with E-state index in [1.807, 2.05) is 24.3 Å². The summed E-state index contributed by atoms with van der Waals surface area (Å²) in [7, 11) is 0. The Bertz CT molecular complexity index is 885. The summed E-state index contributed by atoms with van der Waals surface area (Å²) in [6.45, 7) is 1.73. The Morgan fingerprint density at radius 1 is 1.18 bits per heavy atom. The zero-order valence-electron chi connectivity index (χ0n) is 11.8. The van der Waals surface area contributed by atoms with Crippen LogP contribution in [0.2, 0.25) is 5.02 Å². The molecule has 0 unspecified atom stereocenters. The van der Waals surface area contributed by atoms with Crippen molar-refractivity contribution in [3.8, 4) is 5.75 Å². The molecule has 112 valence electrons. The van der Waals surface area contributed by atoms with Crippen LogP contribution < -0.4 is 5.63 Å². The molecule has 3 aromatic rings. The summed E-state index contributed by atoms with van der Waals surface area (Å²) in [5.74, 6) is 0.756. The molecule has 0 aliphatic carbocycles. The van der Waals surface area contributed by atoms with E-state index in [0.29, 0.717) is 21.9 Å². The number of rotatable bonds is 3. The fraction of sp³-hybridized carbons (Fsp3) is 0.118. The first-order valence-corrected chi connectivity index (χ1v) is 8.04. The molecule has 0 aliphatic heterocycles. The van der Waals surface area contributed by atoms with E-state index in [1.54, 1.807) is 30.8 Å². The second kappa shape index (κ2) is 6.07. The molecule has 22 heavy (non-hydrogen) atoms. The van der Waals surface area contributed by atoms with Gasteiger partial charge in [-0.15, -0.1) is 11.8 Å². The lowest BCUT2D eigenvalue weighted by Crippen LogP contribution is -2.01. The van der Waals surface area contributed by atoms with Gasteiger partial charge in [-0.25, -0.2) is 4.79 Å². The van der Waals surface area contributed by atoms with Crippen molar-refractivity contribution >= 4 is 34.3 Å². The predicted octanol–water partition coefficient (Wildman–Crippen LogP) is 4.75. The van der Waals surface area contributed by atoms with E-state index in [4.69, 9.17) is 16.0 Å². The van der Waals surface area contributed by atoms with Gasteiger partial charge in [0.15, 0.2) is 0 Å². The maximum absolute atomic E-state index is 11.7. The number of fused-ring (bicyclic) bond motifs is 1. The fourth-order valence-electron chi connectivity index (χ4n) is 2.23. The summed E-state index contributed by atoms with van der Waals surface area (Å²) in [6, 6.07) is 12.5. The van der Waals surface area contributed by atoms with Gasteiger partial charge in [-0.1, -0.05) is 11.6 Å². The molecule has 0 radical (unpaired) electrons. The van der Waals surface area contributed by atoms with Gasteiger partial charge in [-0.2, -0.15) is 0 Å². The number of hydrogen-bond donors (Lipinski definition) is 1. The summed E-state index contributed by atoms with van der Waals surface area (Å²) in [6.07, 6.45) is 0. The molecule has 1 aromatic heterocycles. The minimum absolute atomic E-state index is 0.123. The van der Waals surface area contributed by atoms with Crippen LogP contribution in [0.25, 0.3) is 11.0 Å². The highest BCUT2D eigenvalue weighted by Crippen LogP contribution is 2.31. The number of phenolic OH excluding ortho intramolecular Hbond substituents is 1. The van der Waals surface area contributed by atoms with E-state index >= 15 is 0 Å². The number of thioether (sulfide) groups is 1. The zero-order valence-corrected chi connectivity index (χ0v) is 13.4. The monoisotopic (exact) mass is 332 g/mol. The van der Waals surface area contributed by atoms with Crippen LogP contribution in [0.4, 0.5) is 0 Å². The Hall–Kier alpha value is -1.91. The van der Waals surface area contributed by atoms with Crippen LogP contribution in [0.1, 0.15) is 11.1 Å². The molecule has 1 N–H and O–H groups in total. The van der Waals surface area contributed by atoms with Crippen molar-refractivity contribution in [3.05, 3.63) is 69.0 Å². The number of aromatic hydroxyl groups is 1. The molecule has 1 heterocycles. The number of benzene rings is 2. The third kappa shape index (κ3) is 2.98. The Kier molecular flexibility index (Phi) is 4.14. The Morgan fingerprint density at radius 2 is 1.91 bits per heavy atom. The first kappa shape index (κ1) is 15.0. The summed E-state index contributed by atoms with van der Waals surface area (Å²) in [5, 5.41) is 11.3. The molecule has 3 nitrogen and oxygen atoms in total. The second-order valence-corrected chi connectivity index (χ2v) is 6.40. The SMILES string of the molecule is Cc1c(O)ccc2c(CSc3ccc(Cl)cc3)cc(=O)oc12. The van der Waals surface area contributed by atoms with Crippen LogP contribution in [-0.2, 0) is 5.75 Å². The number of aryl methyl sites for hydroxylation is 1. The van der Waals surface area contributed by atoms with Crippen LogP contribution in [0, 0.1) is 6.92 Å². The van der Waals surface area contributed by atoms with Crippen LogP contribution in [0.5, 0.6) is 5.75 Å². The largest absolute Gasteiger partial charge is 0.508 e. The summed E-state index contributed by atoms with van der Waals surface area (Å²) in [4.78, 5) is 12.8. The average Bonchev–Trinajstić information content (AvgIpc) is 2.50. The third-order valence-corrected chi connectivity index (χ3v) is 4.74. The molecule has 3 rings (SSSR count). The molecule has 0 amide bonds. The van der Waals surface area contributed by atoms with Crippen molar-refractivity contribution in [2.45, 2.75) is 17.6 Å². The lowest BCUT2D eigenvalue weighted by atomic mass is 10.1. The van der Waals surface area contributed by atoms with E-state index in [9.17, 15) is 9.90 Å². The number of phenols is 1. The van der Waals surface area contributed by atoms with Crippen molar-refractivity contribution in [2.24, 2.45) is 0 Å². The second-order valence-electron chi connectivity index (χ2n) is 4.92. The highest BCUT2D eigenvalue weighted by molar-refractivity contribution is 7.98. The van der Waals surface area contributed by atoms with Gasteiger partial charge in [0, 0.05) is 32.7 Å². The van der Waals surface area contributed by atoms with Crippen molar-refractivity contribution in [3.63, 3.8) is 0 Å². The number of hydrogen-bond acceptors (Lipinski definition) is 4. The van der Waals surface area contributed by atoms with Gasteiger partial charge in [-0.3, -0.25) is 0 Å². The minimum Gasteiger partial charge on any atom is -0.508 e. The molecular formula is C17H13ClO3S. The quantitative estimate of drug-likeness (QED) is 0.555. The van der Waals surface area contributed by atoms with E-state index in [-0.39, 0.29) is 5.75 Å². The summed E-state index contributed by atoms with van der Waals surface area (Å²) >= 11 is 7.49. The molecule has 0 aliphatic rings. The van der Waals surface area contributed by atoms with Gasteiger partial charge < -0.3 is 9.52 Å². The van der Waals surface area contributed by atoms with Crippen molar-refractivity contribution in [1.82, 2.24) is 0 Å². The third-order valence-electron chi connectivity index (χ3n) is 3.43. The molecule has 2 aromatic carbocycles. The van der Waals surface area contributed by atoms with Crippen molar-refractivity contribution < 1.29 is 9.52 Å². The van der Waals surface area contributed by atoms with Crippen LogP contribution >= 0.6 is 23.4 Å². The smallest absolute Gasteiger partial charge is 0.336 e. The first-order valence-electron chi connectivity index (χ1n) is 6.68. The van der Waals surface area contributed by atoms with Crippen LogP contribution in [0.3, 0.4) is 0 Å². The molecule has 0 saturated heterocycles. The van der Waals surface area contributed by atoms with Gasteiger partial charge in [0.2, 0.25) is 0 Å². The van der Waals surface area contributed by atoms with Gasteiger partial charge in [-0.05, 0) is 48.9 Å². The van der Waals surface area contributed by atoms with E-state index in [2.05, 4.69) is 0 Å². The maximum Gasteiger partial charge on any atom is 0.336 e. The van der Waals surface area contributed by atoms with Gasteiger partial charge in [0.1, 0.15) is 11.3 Å². The molecule has 0 atom stereocenters. The van der Waals surface area contributed by atoms with Gasteiger partial charge in [0.25, 0.3) is 0 Å². The Labute approximate surface area is 136 Å². The highest BCUT2D eigenvalue weighted by Gasteiger charge is 2.11. The van der Waals surface area contributed by atoms with Crippen LogP contribution in [-0.4, -0.2) is 5.11 Å². The molecular weight excluding hydrogens is 320 g/mol. The lowest BCUT2D eigenvalue weighted by Gasteiger charge is -2.08. The van der Waals surface area contributed by atoms with Crippen molar-refractivity contribution in [2.75, 3.05) is 0 Å². The Morgan fingerprint density at radius 3 is 2.64 bits per heavy atom. The number of halogens is 1. The van der Waals surface area contributed by atoms with E-state index < -0.39 is 5.63 Å². The Balaban J connectivity index is 1.98. The average molecular weight is 333 g/mol. The van der Waals surface area contributed by atoms with Crippen molar-refractivity contribution in [1.29, 1.82) is 0 Å². The lowest BCUT2D eigenvalue weighted by molar-refractivity contribution is 0.468. The fourth-order valence-corrected chi connectivity index (χ4v) is 3.24. The normalized spacial score (nSPS) is 11.0. The standard InChI is InChI=1S/C17H13ClO3S/c1-10-15(19)7-6-14-11(8-16(20)21-17(10)14)9-22-13-4-2-12(18)3-5-13/h2-8,19H,9H2,1H3. The van der Waals surface area contributed by atoms with Gasteiger partial charge in [0.05, 0.1) is 0 Å². The molecule has 0 bridgehead atoms. The van der Waals surface area contributed by atoms with E-state index in [0.717, 1.165) is 15.8 Å². The molecule has 0 spiro atoms. The van der Waals surface area contributed by atoms with E-state index in [1.165, 1.54) is 6.07 Å². The summed E-state index contributed by atoms with van der Waals surface area (Å²) < 4.78 is 5.24. The highest BCUT2D eigenvalue weighted by atomic mass is 35.5.